The fourth-order valence-corrected chi connectivity index (χ4v) is 2.93. The number of ether oxygens (including phenoxy) is 1. The molecule has 1 atom stereocenters. The summed E-state index contributed by atoms with van der Waals surface area (Å²) >= 11 is 0. The van der Waals surface area contributed by atoms with Gasteiger partial charge in [0.15, 0.2) is 0 Å². The SMILES string of the molecule is COCC(C)NC(=O)CN(CCCN)C1CCCCC1. The molecule has 118 valence electrons. The van der Waals surface area contributed by atoms with E-state index in [9.17, 15) is 4.79 Å². The van der Waals surface area contributed by atoms with Gasteiger partial charge in [-0.3, -0.25) is 9.69 Å². The lowest BCUT2D eigenvalue weighted by Gasteiger charge is -2.34. The van der Waals surface area contributed by atoms with Crippen LogP contribution in [-0.4, -0.2) is 56.2 Å². The number of nitrogens with two attached hydrogens (primary N) is 1. The van der Waals surface area contributed by atoms with E-state index in [1.54, 1.807) is 7.11 Å². The Morgan fingerprint density at radius 3 is 2.70 bits per heavy atom. The second-order valence-corrected chi connectivity index (χ2v) is 5.83. The highest BCUT2D eigenvalue weighted by atomic mass is 16.5. The first kappa shape index (κ1) is 17.4. The molecule has 1 amide bonds. The van der Waals surface area contributed by atoms with Gasteiger partial charge in [-0.15, -0.1) is 0 Å². The van der Waals surface area contributed by atoms with Gasteiger partial charge in [0.25, 0.3) is 0 Å². The van der Waals surface area contributed by atoms with Gasteiger partial charge < -0.3 is 15.8 Å². The van der Waals surface area contributed by atoms with Gasteiger partial charge in [0, 0.05) is 25.7 Å². The van der Waals surface area contributed by atoms with Crippen LogP contribution in [0.15, 0.2) is 0 Å². The molecule has 0 heterocycles. The number of nitrogens with zero attached hydrogens (tertiary/aromatic N) is 1. The van der Waals surface area contributed by atoms with Crippen molar-refractivity contribution in [2.45, 2.75) is 57.5 Å². The Labute approximate surface area is 123 Å². The van der Waals surface area contributed by atoms with Crippen LogP contribution in [0.3, 0.4) is 0 Å². The van der Waals surface area contributed by atoms with Gasteiger partial charge in [0.2, 0.25) is 5.91 Å². The van der Waals surface area contributed by atoms with E-state index in [0.29, 0.717) is 25.7 Å². The maximum absolute atomic E-state index is 12.1. The van der Waals surface area contributed by atoms with Crippen molar-refractivity contribution in [1.82, 2.24) is 10.2 Å². The first-order chi connectivity index (χ1) is 9.67. The van der Waals surface area contributed by atoms with E-state index in [1.165, 1.54) is 32.1 Å². The summed E-state index contributed by atoms with van der Waals surface area (Å²) in [6.07, 6.45) is 7.28. The van der Waals surface area contributed by atoms with Crippen molar-refractivity contribution in [3.8, 4) is 0 Å². The standard InChI is InChI=1S/C15H31N3O2/c1-13(12-20-2)17-15(19)11-18(10-6-9-16)14-7-4-3-5-8-14/h13-14H,3-12,16H2,1-2H3,(H,17,19). The molecule has 0 aromatic carbocycles. The van der Waals surface area contributed by atoms with Crippen LogP contribution < -0.4 is 11.1 Å². The molecule has 3 N–H and O–H groups in total. The number of amides is 1. The smallest absolute Gasteiger partial charge is 0.234 e. The highest BCUT2D eigenvalue weighted by Crippen LogP contribution is 2.22. The Hall–Kier alpha value is -0.650. The quantitative estimate of drug-likeness (QED) is 0.666. The lowest BCUT2D eigenvalue weighted by Crippen LogP contribution is -2.47. The highest BCUT2D eigenvalue weighted by Gasteiger charge is 2.23. The highest BCUT2D eigenvalue weighted by molar-refractivity contribution is 5.78. The van der Waals surface area contributed by atoms with Crippen molar-refractivity contribution in [2.75, 3.05) is 33.4 Å². The van der Waals surface area contributed by atoms with Gasteiger partial charge in [-0.2, -0.15) is 0 Å². The second-order valence-electron chi connectivity index (χ2n) is 5.83. The van der Waals surface area contributed by atoms with E-state index in [-0.39, 0.29) is 11.9 Å². The van der Waals surface area contributed by atoms with Crippen LogP contribution in [0.1, 0.15) is 45.4 Å². The molecular formula is C15H31N3O2. The Morgan fingerprint density at radius 1 is 1.40 bits per heavy atom. The van der Waals surface area contributed by atoms with Crippen LogP contribution in [0, 0.1) is 0 Å². The minimum Gasteiger partial charge on any atom is -0.383 e. The predicted molar refractivity (Wildman–Crippen MR) is 81.6 cm³/mol. The van der Waals surface area contributed by atoms with E-state index < -0.39 is 0 Å². The van der Waals surface area contributed by atoms with E-state index in [0.717, 1.165) is 13.0 Å². The van der Waals surface area contributed by atoms with Gasteiger partial charge in [-0.1, -0.05) is 19.3 Å². The molecule has 1 saturated carbocycles. The summed E-state index contributed by atoms with van der Waals surface area (Å²) in [7, 11) is 1.65. The Kier molecular flexibility index (Phi) is 8.82. The Balaban J connectivity index is 2.43. The molecule has 1 rings (SSSR count). The average molecular weight is 285 g/mol. The fourth-order valence-electron chi connectivity index (χ4n) is 2.93. The van der Waals surface area contributed by atoms with Crippen LogP contribution in [-0.2, 0) is 9.53 Å². The minimum absolute atomic E-state index is 0.0650. The first-order valence-corrected chi connectivity index (χ1v) is 7.89. The molecule has 20 heavy (non-hydrogen) atoms. The summed E-state index contributed by atoms with van der Waals surface area (Å²) in [4.78, 5) is 14.4. The normalized spacial score (nSPS) is 18.2. The first-order valence-electron chi connectivity index (χ1n) is 7.89. The molecule has 5 heteroatoms. The Morgan fingerprint density at radius 2 is 2.10 bits per heavy atom. The molecule has 1 fully saturated rings. The van der Waals surface area contributed by atoms with Gasteiger partial charge >= 0.3 is 0 Å². The van der Waals surface area contributed by atoms with Crippen molar-refractivity contribution < 1.29 is 9.53 Å². The monoisotopic (exact) mass is 285 g/mol. The lowest BCUT2D eigenvalue weighted by molar-refractivity contribution is -0.124. The van der Waals surface area contributed by atoms with Crippen LogP contribution in [0.4, 0.5) is 0 Å². The number of carbonyl (C=O) groups is 1. The summed E-state index contributed by atoms with van der Waals surface area (Å²) in [5, 5.41) is 2.99. The largest absolute Gasteiger partial charge is 0.383 e. The number of nitrogens with one attached hydrogen (secondary N) is 1. The van der Waals surface area contributed by atoms with E-state index in [1.807, 2.05) is 6.92 Å². The van der Waals surface area contributed by atoms with Gasteiger partial charge in [0.1, 0.15) is 0 Å². The maximum atomic E-state index is 12.1. The molecule has 0 spiro atoms. The molecular weight excluding hydrogens is 254 g/mol. The van der Waals surface area contributed by atoms with E-state index in [2.05, 4.69) is 10.2 Å². The molecule has 0 radical (unpaired) electrons. The van der Waals surface area contributed by atoms with Crippen LogP contribution in [0.2, 0.25) is 0 Å². The number of hydrogen-bond acceptors (Lipinski definition) is 4. The van der Waals surface area contributed by atoms with Gasteiger partial charge in [-0.25, -0.2) is 0 Å². The number of carbonyl (C=O) groups excluding carboxylic acids is 1. The van der Waals surface area contributed by atoms with Crippen LogP contribution in [0.25, 0.3) is 0 Å². The molecule has 0 bridgehead atoms. The second kappa shape index (κ2) is 10.1. The number of methoxy groups -OCH3 is 1. The molecule has 5 nitrogen and oxygen atoms in total. The third-order valence-corrected chi connectivity index (χ3v) is 3.91. The van der Waals surface area contributed by atoms with Crippen LogP contribution >= 0.6 is 0 Å². The van der Waals surface area contributed by atoms with Crippen molar-refractivity contribution in [2.24, 2.45) is 5.73 Å². The zero-order chi connectivity index (χ0) is 14.8. The molecule has 1 aliphatic rings. The van der Waals surface area contributed by atoms with Crippen molar-refractivity contribution >= 4 is 5.91 Å². The maximum Gasteiger partial charge on any atom is 0.234 e. The summed E-state index contributed by atoms with van der Waals surface area (Å²) in [5.41, 5.74) is 5.61. The van der Waals surface area contributed by atoms with E-state index in [4.69, 9.17) is 10.5 Å². The molecule has 1 unspecified atom stereocenters. The topological polar surface area (TPSA) is 67.6 Å². The van der Waals surface area contributed by atoms with Crippen LogP contribution in [0.5, 0.6) is 0 Å². The molecule has 1 aliphatic carbocycles. The third kappa shape index (κ3) is 6.68. The summed E-state index contributed by atoms with van der Waals surface area (Å²) in [6.45, 7) is 4.61. The minimum atomic E-state index is 0.0650. The van der Waals surface area contributed by atoms with Gasteiger partial charge in [-0.05, 0) is 32.7 Å². The van der Waals surface area contributed by atoms with Crippen molar-refractivity contribution in [3.05, 3.63) is 0 Å². The molecule has 0 saturated heterocycles. The molecule has 0 aromatic rings. The van der Waals surface area contributed by atoms with Gasteiger partial charge in [0.05, 0.1) is 13.2 Å². The zero-order valence-corrected chi connectivity index (χ0v) is 13.1. The summed E-state index contributed by atoms with van der Waals surface area (Å²) in [5.74, 6) is 0.0946. The summed E-state index contributed by atoms with van der Waals surface area (Å²) in [6, 6.07) is 0.619. The number of hydrogen-bond donors (Lipinski definition) is 2. The fraction of sp³-hybridized carbons (Fsp3) is 0.933. The molecule has 0 aliphatic heterocycles. The summed E-state index contributed by atoms with van der Waals surface area (Å²) < 4.78 is 5.05. The Bertz CT molecular complexity index is 268. The van der Waals surface area contributed by atoms with Crippen molar-refractivity contribution in [1.29, 1.82) is 0 Å². The average Bonchev–Trinajstić information content (AvgIpc) is 2.44. The molecule has 0 aromatic heterocycles. The lowest BCUT2D eigenvalue weighted by atomic mass is 9.94. The zero-order valence-electron chi connectivity index (χ0n) is 13.1. The van der Waals surface area contributed by atoms with Crippen molar-refractivity contribution in [3.63, 3.8) is 0 Å². The predicted octanol–water partition coefficient (Wildman–Crippen LogP) is 1.12. The third-order valence-electron chi connectivity index (χ3n) is 3.91. The van der Waals surface area contributed by atoms with E-state index >= 15 is 0 Å². The number of rotatable bonds is 9.